The van der Waals surface area contributed by atoms with Gasteiger partial charge in [-0.25, -0.2) is 0 Å². The smallest absolute Gasteiger partial charge is 0.244 e. The Morgan fingerprint density at radius 2 is 1.83 bits per heavy atom. The highest BCUT2D eigenvalue weighted by Crippen LogP contribution is 2.13. The molecule has 1 atom stereocenters. The molecule has 0 aliphatic carbocycles. The van der Waals surface area contributed by atoms with Crippen LogP contribution in [0.4, 0.5) is 0 Å². The number of carbonyl (C=O) groups excluding carboxylic acids is 2. The minimum Gasteiger partial charge on any atom is -0.368 e. The van der Waals surface area contributed by atoms with Gasteiger partial charge in [0, 0.05) is 6.42 Å². The van der Waals surface area contributed by atoms with Crippen LogP contribution in [0, 0.1) is 5.92 Å². The van der Waals surface area contributed by atoms with Gasteiger partial charge in [0.2, 0.25) is 11.8 Å². The number of carbonyl (C=O) groups is 2. The van der Waals surface area contributed by atoms with Crippen LogP contribution in [-0.4, -0.2) is 11.8 Å². The quantitative estimate of drug-likeness (QED) is 0.805. The normalized spacial score (nSPS) is 12.2. The summed E-state index contributed by atoms with van der Waals surface area (Å²) >= 11 is 0. The Morgan fingerprint density at radius 3 is 2.33 bits per heavy atom. The van der Waals surface area contributed by atoms with E-state index in [1.54, 1.807) is 12.1 Å². The van der Waals surface area contributed by atoms with Crippen LogP contribution in [0.3, 0.4) is 0 Å². The van der Waals surface area contributed by atoms with E-state index in [4.69, 9.17) is 5.73 Å². The van der Waals surface area contributed by atoms with Crippen molar-refractivity contribution < 1.29 is 9.59 Å². The van der Waals surface area contributed by atoms with Gasteiger partial charge in [-0.2, -0.15) is 0 Å². The van der Waals surface area contributed by atoms with Gasteiger partial charge in [0.15, 0.2) is 0 Å². The Bertz CT molecular complexity index is 402. The summed E-state index contributed by atoms with van der Waals surface area (Å²) in [6.45, 7) is 4.10. The van der Waals surface area contributed by atoms with E-state index in [0.717, 1.165) is 6.42 Å². The summed E-state index contributed by atoms with van der Waals surface area (Å²) in [5.74, 6) is -0.227. The molecule has 0 unspecified atom stereocenters. The third kappa shape index (κ3) is 4.57. The predicted molar refractivity (Wildman–Crippen MR) is 70.6 cm³/mol. The van der Waals surface area contributed by atoms with E-state index in [2.05, 4.69) is 19.2 Å². The standard InChI is InChI=1S/C14H20N2O2/c1-10(2)8-9-12(17)16-13(14(15)18)11-6-4-3-5-7-11/h3-7,10,13H,8-9H2,1-2H3,(H2,15,18)(H,16,17)/t13-/m1/s1. The molecule has 4 heteroatoms. The largest absolute Gasteiger partial charge is 0.368 e. The molecule has 0 saturated heterocycles. The number of nitrogens with one attached hydrogen (secondary N) is 1. The molecule has 0 fully saturated rings. The molecule has 0 bridgehead atoms. The minimum absolute atomic E-state index is 0.142. The van der Waals surface area contributed by atoms with Crippen LogP contribution in [0.25, 0.3) is 0 Å². The SMILES string of the molecule is CC(C)CCC(=O)N[C@@H](C(N)=O)c1ccccc1. The lowest BCUT2D eigenvalue weighted by atomic mass is 10.0. The minimum atomic E-state index is -0.745. The molecule has 0 aromatic heterocycles. The molecule has 0 heterocycles. The number of hydrogen-bond donors (Lipinski definition) is 2. The number of nitrogens with two attached hydrogens (primary N) is 1. The fraction of sp³-hybridized carbons (Fsp3) is 0.429. The number of amides is 2. The number of benzene rings is 1. The molecule has 0 radical (unpaired) electrons. The van der Waals surface area contributed by atoms with E-state index < -0.39 is 11.9 Å². The van der Waals surface area contributed by atoms with Crippen molar-refractivity contribution in [2.24, 2.45) is 11.7 Å². The van der Waals surface area contributed by atoms with Crippen LogP contribution in [0.2, 0.25) is 0 Å². The van der Waals surface area contributed by atoms with Crippen LogP contribution in [0.5, 0.6) is 0 Å². The molecule has 0 saturated carbocycles. The number of rotatable bonds is 6. The number of hydrogen-bond acceptors (Lipinski definition) is 2. The molecule has 3 N–H and O–H groups in total. The Balaban J connectivity index is 2.65. The molecule has 4 nitrogen and oxygen atoms in total. The maximum atomic E-state index is 11.7. The van der Waals surface area contributed by atoms with Gasteiger partial charge in [0.05, 0.1) is 0 Å². The van der Waals surface area contributed by atoms with E-state index in [9.17, 15) is 9.59 Å². The summed E-state index contributed by atoms with van der Waals surface area (Å²) in [5.41, 5.74) is 6.03. The molecular formula is C14H20N2O2. The highest BCUT2D eigenvalue weighted by molar-refractivity contribution is 5.87. The first kappa shape index (κ1) is 14.2. The Kier molecular flexibility index (Phi) is 5.36. The van der Waals surface area contributed by atoms with Gasteiger partial charge in [-0.1, -0.05) is 44.2 Å². The van der Waals surface area contributed by atoms with Crippen molar-refractivity contribution in [3.8, 4) is 0 Å². The highest BCUT2D eigenvalue weighted by atomic mass is 16.2. The van der Waals surface area contributed by atoms with E-state index in [-0.39, 0.29) is 5.91 Å². The molecule has 1 aromatic rings. The van der Waals surface area contributed by atoms with Crippen molar-refractivity contribution in [2.75, 3.05) is 0 Å². The van der Waals surface area contributed by atoms with E-state index in [1.807, 2.05) is 18.2 Å². The lowest BCUT2D eigenvalue weighted by molar-refractivity contribution is -0.127. The molecule has 18 heavy (non-hydrogen) atoms. The first-order chi connectivity index (χ1) is 8.50. The zero-order chi connectivity index (χ0) is 13.5. The van der Waals surface area contributed by atoms with Crippen molar-refractivity contribution in [2.45, 2.75) is 32.7 Å². The first-order valence-electron chi connectivity index (χ1n) is 6.14. The Labute approximate surface area is 108 Å². The average Bonchev–Trinajstić information content (AvgIpc) is 2.34. The average molecular weight is 248 g/mol. The van der Waals surface area contributed by atoms with E-state index in [0.29, 0.717) is 17.9 Å². The summed E-state index contributed by atoms with van der Waals surface area (Å²) in [6.07, 6.45) is 1.21. The summed E-state index contributed by atoms with van der Waals surface area (Å²) < 4.78 is 0. The van der Waals surface area contributed by atoms with Crippen LogP contribution in [-0.2, 0) is 9.59 Å². The van der Waals surface area contributed by atoms with Crippen molar-refractivity contribution in [1.29, 1.82) is 0 Å². The van der Waals surface area contributed by atoms with Gasteiger partial charge in [0.25, 0.3) is 0 Å². The molecule has 0 aliphatic rings. The second-order valence-electron chi connectivity index (χ2n) is 4.75. The van der Waals surface area contributed by atoms with Crippen LogP contribution >= 0.6 is 0 Å². The summed E-state index contributed by atoms with van der Waals surface area (Å²) in [7, 11) is 0. The fourth-order valence-electron chi connectivity index (χ4n) is 1.62. The molecule has 1 aromatic carbocycles. The third-order valence-corrected chi connectivity index (χ3v) is 2.67. The van der Waals surface area contributed by atoms with Crippen molar-refractivity contribution in [3.05, 3.63) is 35.9 Å². The highest BCUT2D eigenvalue weighted by Gasteiger charge is 2.19. The lowest BCUT2D eigenvalue weighted by Crippen LogP contribution is -2.37. The van der Waals surface area contributed by atoms with Crippen LogP contribution in [0.15, 0.2) is 30.3 Å². The monoisotopic (exact) mass is 248 g/mol. The molecule has 1 rings (SSSR count). The molecular weight excluding hydrogens is 228 g/mol. The lowest BCUT2D eigenvalue weighted by Gasteiger charge is -2.16. The second-order valence-corrected chi connectivity index (χ2v) is 4.75. The van der Waals surface area contributed by atoms with Gasteiger partial charge in [-0.3, -0.25) is 9.59 Å². The van der Waals surface area contributed by atoms with Gasteiger partial charge in [-0.05, 0) is 17.9 Å². The third-order valence-electron chi connectivity index (χ3n) is 2.67. The van der Waals surface area contributed by atoms with E-state index in [1.165, 1.54) is 0 Å². The van der Waals surface area contributed by atoms with Crippen LogP contribution < -0.4 is 11.1 Å². The van der Waals surface area contributed by atoms with Gasteiger partial charge in [-0.15, -0.1) is 0 Å². The van der Waals surface area contributed by atoms with Crippen molar-refractivity contribution >= 4 is 11.8 Å². The topological polar surface area (TPSA) is 72.2 Å². The summed E-state index contributed by atoms with van der Waals surface area (Å²) in [4.78, 5) is 23.1. The number of primary amides is 1. The zero-order valence-corrected chi connectivity index (χ0v) is 10.8. The maximum Gasteiger partial charge on any atom is 0.244 e. The second kappa shape index (κ2) is 6.79. The van der Waals surface area contributed by atoms with Gasteiger partial charge in [0.1, 0.15) is 6.04 Å². The summed E-state index contributed by atoms with van der Waals surface area (Å²) in [5, 5.41) is 2.67. The maximum absolute atomic E-state index is 11.7. The van der Waals surface area contributed by atoms with Crippen molar-refractivity contribution in [3.63, 3.8) is 0 Å². The molecule has 2 amide bonds. The van der Waals surface area contributed by atoms with Gasteiger partial charge < -0.3 is 11.1 Å². The fourth-order valence-corrected chi connectivity index (χ4v) is 1.62. The molecule has 0 spiro atoms. The summed E-state index contributed by atoms with van der Waals surface area (Å²) in [6, 6.07) is 8.28. The Morgan fingerprint density at radius 1 is 1.22 bits per heavy atom. The first-order valence-corrected chi connectivity index (χ1v) is 6.14. The molecule has 0 aliphatic heterocycles. The Hall–Kier alpha value is -1.84. The molecule has 98 valence electrons. The van der Waals surface area contributed by atoms with Gasteiger partial charge >= 0.3 is 0 Å². The predicted octanol–water partition coefficient (Wildman–Crippen LogP) is 1.77. The van der Waals surface area contributed by atoms with E-state index >= 15 is 0 Å². The van der Waals surface area contributed by atoms with Crippen molar-refractivity contribution in [1.82, 2.24) is 5.32 Å². The van der Waals surface area contributed by atoms with Crippen LogP contribution in [0.1, 0.15) is 38.3 Å². The zero-order valence-electron chi connectivity index (χ0n) is 10.8.